The second-order valence-corrected chi connectivity index (χ2v) is 8.14. The Morgan fingerprint density at radius 3 is 2.58 bits per heavy atom. The summed E-state index contributed by atoms with van der Waals surface area (Å²) in [6, 6.07) is 10.3. The molecule has 0 radical (unpaired) electrons. The van der Waals surface area contributed by atoms with Gasteiger partial charge in [0.2, 0.25) is 0 Å². The van der Waals surface area contributed by atoms with E-state index in [1.54, 1.807) is 34.6 Å². The zero-order valence-corrected chi connectivity index (χ0v) is 16.3. The van der Waals surface area contributed by atoms with Crippen LogP contribution in [0.5, 0.6) is 0 Å². The summed E-state index contributed by atoms with van der Waals surface area (Å²) in [5, 5.41) is 2.86. The number of carbonyl (C=O) groups is 1. The summed E-state index contributed by atoms with van der Waals surface area (Å²) >= 11 is 3.02. The molecule has 0 unspecified atom stereocenters. The minimum Gasteiger partial charge on any atom is -0.332 e. The number of nitrogens with zero attached hydrogens (tertiary/aromatic N) is 3. The van der Waals surface area contributed by atoms with E-state index in [-0.39, 0.29) is 11.7 Å². The van der Waals surface area contributed by atoms with E-state index in [1.807, 2.05) is 36.5 Å². The zero-order chi connectivity index (χ0) is 18.5. The van der Waals surface area contributed by atoms with Crippen LogP contribution < -0.4 is 0 Å². The van der Waals surface area contributed by atoms with Crippen molar-refractivity contribution in [2.45, 2.75) is 6.54 Å². The first kappa shape index (κ1) is 18.7. The largest absolute Gasteiger partial charge is 0.332 e. The smallest absolute Gasteiger partial charge is 0.265 e. The van der Waals surface area contributed by atoms with Crippen molar-refractivity contribution in [2.24, 2.45) is 0 Å². The average molecular weight is 390 g/mol. The van der Waals surface area contributed by atoms with E-state index in [0.717, 1.165) is 22.0 Å². The van der Waals surface area contributed by atoms with Crippen LogP contribution in [0.15, 0.2) is 48.0 Å². The van der Waals surface area contributed by atoms with Crippen molar-refractivity contribution >= 4 is 28.6 Å². The van der Waals surface area contributed by atoms with Gasteiger partial charge in [-0.05, 0) is 43.2 Å². The van der Waals surface area contributed by atoms with Crippen LogP contribution in [-0.4, -0.2) is 47.9 Å². The Kier molecular flexibility index (Phi) is 6.13. The van der Waals surface area contributed by atoms with Gasteiger partial charge in [0, 0.05) is 19.6 Å². The van der Waals surface area contributed by atoms with E-state index in [0.29, 0.717) is 18.0 Å². The van der Waals surface area contributed by atoms with Crippen molar-refractivity contribution in [2.75, 3.05) is 27.2 Å². The highest BCUT2D eigenvalue weighted by atomic mass is 32.1. The van der Waals surface area contributed by atoms with Crippen molar-refractivity contribution in [1.29, 1.82) is 0 Å². The highest BCUT2D eigenvalue weighted by Crippen LogP contribution is 2.29. The number of aromatic nitrogens is 1. The fraction of sp³-hybridized carbons (Fsp3) is 0.263. The highest BCUT2D eigenvalue weighted by molar-refractivity contribution is 7.21. The number of likely N-dealkylation sites (N-methyl/N-ethyl adjacent to an activating group) is 1. The van der Waals surface area contributed by atoms with Gasteiger partial charge in [0.15, 0.2) is 0 Å². The predicted octanol–water partition coefficient (Wildman–Crippen LogP) is 4.21. The van der Waals surface area contributed by atoms with Crippen LogP contribution >= 0.6 is 22.7 Å². The van der Waals surface area contributed by atoms with Gasteiger partial charge in [0.05, 0.1) is 11.1 Å². The number of carbonyl (C=O) groups excluding carboxylic acids is 1. The molecule has 3 aromatic rings. The maximum atomic E-state index is 13.1. The summed E-state index contributed by atoms with van der Waals surface area (Å²) in [6.07, 6.45) is 1.65. The number of hydrogen-bond donors (Lipinski definition) is 0. The lowest BCUT2D eigenvalue weighted by molar-refractivity contribution is 0.0736. The molecule has 0 saturated heterocycles. The molecule has 1 aromatic carbocycles. The monoisotopic (exact) mass is 389 g/mol. The van der Waals surface area contributed by atoms with Crippen LogP contribution in [0.3, 0.4) is 0 Å². The molecule has 0 fully saturated rings. The lowest BCUT2D eigenvalue weighted by Crippen LogP contribution is -2.35. The molecule has 0 aliphatic rings. The second-order valence-electron chi connectivity index (χ2n) is 6.16. The van der Waals surface area contributed by atoms with Gasteiger partial charge in [-0.1, -0.05) is 18.2 Å². The van der Waals surface area contributed by atoms with Gasteiger partial charge in [0.1, 0.15) is 15.7 Å². The third-order valence-corrected chi connectivity index (χ3v) is 5.86. The summed E-state index contributed by atoms with van der Waals surface area (Å²) in [5.41, 5.74) is 0.904. The van der Waals surface area contributed by atoms with E-state index >= 15 is 0 Å². The van der Waals surface area contributed by atoms with Gasteiger partial charge in [-0.2, -0.15) is 0 Å². The standard InChI is InChI=1S/C19H20FN3OS2/c1-22(2)9-10-23(13-14-5-7-15(20)8-6-14)19(24)17-12-21-18(26-17)16-4-3-11-25-16/h3-8,11-12H,9-10,13H2,1-2H3. The molecule has 2 heterocycles. The maximum absolute atomic E-state index is 13.1. The Bertz CT molecular complexity index is 844. The molecule has 26 heavy (non-hydrogen) atoms. The number of amides is 1. The molecule has 0 spiro atoms. The topological polar surface area (TPSA) is 36.4 Å². The molecule has 2 aromatic heterocycles. The fourth-order valence-corrected chi connectivity index (χ4v) is 4.11. The molecule has 0 atom stereocenters. The van der Waals surface area contributed by atoms with Crippen molar-refractivity contribution in [3.8, 4) is 9.88 Å². The van der Waals surface area contributed by atoms with Gasteiger partial charge in [0.25, 0.3) is 5.91 Å². The number of rotatable bonds is 7. The summed E-state index contributed by atoms with van der Waals surface area (Å²) in [6.45, 7) is 1.79. The summed E-state index contributed by atoms with van der Waals surface area (Å²) < 4.78 is 13.1. The van der Waals surface area contributed by atoms with Crippen molar-refractivity contribution in [3.05, 3.63) is 64.2 Å². The van der Waals surface area contributed by atoms with E-state index in [4.69, 9.17) is 0 Å². The normalized spacial score (nSPS) is 11.1. The van der Waals surface area contributed by atoms with Gasteiger partial charge >= 0.3 is 0 Å². The van der Waals surface area contributed by atoms with E-state index in [1.165, 1.54) is 23.5 Å². The minimum absolute atomic E-state index is 0.0449. The first-order valence-electron chi connectivity index (χ1n) is 8.21. The maximum Gasteiger partial charge on any atom is 0.265 e. The molecular weight excluding hydrogens is 369 g/mol. The SMILES string of the molecule is CN(C)CCN(Cc1ccc(F)cc1)C(=O)c1cnc(-c2cccs2)s1. The third-order valence-electron chi connectivity index (χ3n) is 3.84. The molecule has 136 valence electrons. The molecule has 0 aliphatic carbocycles. The Labute approximate surface area is 160 Å². The van der Waals surface area contributed by atoms with Crippen LogP contribution in [0.1, 0.15) is 15.2 Å². The fourth-order valence-electron chi connectivity index (χ4n) is 2.43. The summed E-state index contributed by atoms with van der Waals surface area (Å²) in [5.74, 6) is -0.320. The second kappa shape index (κ2) is 8.53. The number of hydrogen-bond acceptors (Lipinski definition) is 5. The average Bonchev–Trinajstić information content (AvgIpc) is 3.30. The lowest BCUT2D eigenvalue weighted by Gasteiger charge is -2.24. The molecule has 0 saturated carbocycles. The highest BCUT2D eigenvalue weighted by Gasteiger charge is 2.20. The van der Waals surface area contributed by atoms with E-state index in [9.17, 15) is 9.18 Å². The zero-order valence-electron chi connectivity index (χ0n) is 14.7. The lowest BCUT2D eigenvalue weighted by atomic mass is 10.2. The molecule has 3 rings (SSSR count). The van der Waals surface area contributed by atoms with Crippen LogP contribution in [0.25, 0.3) is 9.88 Å². The number of thiazole rings is 1. The van der Waals surface area contributed by atoms with E-state index in [2.05, 4.69) is 4.98 Å². The molecule has 0 N–H and O–H groups in total. The van der Waals surface area contributed by atoms with Crippen LogP contribution in [0.2, 0.25) is 0 Å². The predicted molar refractivity (Wildman–Crippen MR) is 105 cm³/mol. The van der Waals surface area contributed by atoms with Gasteiger partial charge < -0.3 is 9.80 Å². The van der Waals surface area contributed by atoms with Gasteiger partial charge in [-0.25, -0.2) is 9.37 Å². The molecule has 1 amide bonds. The number of benzene rings is 1. The first-order chi connectivity index (χ1) is 12.5. The van der Waals surface area contributed by atoms with Crippen molar-refractivity contribution in [3.63, 3.8) is 0 Å². The molecule has 0 aliphatic heterocycles. The quantitative estimate of drug-likeness (QED) is 0.607. The van der Waals surface area contributed by atoms with Crippen molar-refractivity contribution in [1.82, 2.24) is 14.8 Å². The third kappa shape index (κ3) is 4.75. The summed E-state index contributed by atoms with van der Waals surface area (Å²) in [7, 11) is 3.95. The Morgan fingerprint density at radius 1 is 1.15 bits per heavy atom. The molecule has 0 bridgehead atoms. The molecule has 4 nitrogen and oxygen atoms in total. The molecule has 7 heteroatoms. The Balaban J connectivity index is 1.78. The Morgan fingerprint density at radius 2 is 1.92 bits per heavy atom. The summed E-state index contributed by atoms with van der Waals surface area (Å²) in [4.78, 5) is 22.9. The number of thiophene rings is 1. The Hall–Kier alpha value is -2.09. The minimum atomic E-state index is -0.275. The van der Waals surface area contributed by atoms with Gasteiger partial charge in [-0.3, -0.25) is 4.79 Å². The van der Waals surface area contributed by atoms with Crippen molar-refractivity contribution < 1.29 is 9.18 Å². The molecular formula is C19H20FN3OS2. The number of halogens is 1. The van der Waals surface area contributed by atoms with Crippen LogP contribution in [0, 0.1) is 5.82 Å². The van der Waals surface area contributed by atoms with Crippen LogP contribution in [-0.2, 0) is 6.54 Å². The van der Waals surface area contributed by atoms with Crippen LogP contribution in [0.4, 0.5) is 4.39 Å². The first-order valence-corrected chi connectivity index (χ1v) is 9.90. The van der Waals surface area contributed by atoms with Gasteiger partial charge in [-0.15, -0.1) is 22.7 Å². The van der Waals surface area contributed by atoms with E-state index < -0.39 is 0 Å².